The molecule has 1 aliphatic carbocycles. The van der Waals surface area contributed by atoms with E-state index < -0.39 is 0 Å². The third-order valence-corrected chi connectivity index (χ3v) is 3.03. The topological polar surface area (TPSA) is 49.3 Å². The molecule has 0 spiro atoms. The first-order valence-electron chi connectivity index (χ1n) is 4.96. The summed E-state index contributed by atoms with van der Waals surface area (Å²) in [6.45, 7) is 5.95. The van der Waals surface area contributed by atoms with E-state index in [-0.39, 0.29) is 23.5 Å². The molecule has 0 saturated heterocycles. The first-order valence-corrected chi connectivity index (χ1v) is 4.96. The highest BCUT2D eigenvalue weighted by Crippen LogP contribution is 2.40. The second kappa shape index (κ2) is 3.66. The van der Waals surface area contributed by atoms with Gasteiger partial charge in [-0.25, -0.2) is 0 Å². The van der Waals surface area contributed by atoms with Crippen LogP contribution in [0.4, 0.5) is 0 Å². The summed E-state index contributed by atoms with van der Waals surface area (Å²) < 4.78 is 0. The van der Waals surface area contributed by atoms with Crippen molar-refractivity contribution < 1.29 is 9.90 Å². The molecule has 3 heteroatoms. The van der Waals surface area contributed by atoms with Gasteiger partial charge in [-0.1, -0.05) is 20.8 Å². The Balaban J connectivity index is 2.36. The Morgan fingerprint density at radius 2 is 2.23 bits per heavy atom. The van der Waals surface area contributed by atoms with E-state index in [2.05, 4.69) is 5.32 Å². The summed E-state index contributed by atoms with van der Waals surface area (Å²) in [5, 5.41) is 12.4. The van der Waals surface area contributed by atoms with Gasteiger partial charge in [0.1, 0.15) is 0 Å². The summed E-state index contributed by atoms with van der Waals surface area (Å²) in [6.07, 6.45) is 1.89. The van der Waals surface area contributed by atoms with Crippen molar-refractivity contribution in [3.63, 3.8) is 0 Å². The Hall–Kier alpha value is -0.570. The molecular weight excluding hydrogens is 166 g/mol. The lowest BCUT2D eigenvalue weighted by molar-refractivity contribution is -0.129. The van der Waals surface area contributed by atoms with Gasteiger partial charge in [-0.2, -0.15) is 0 Å². The lowest BCUT2D eigenvalue weighted by Gasteiger charge is -2.49. The molecule has 1 fully saturated rings. The molecule has 76 valence electrons. The molecule has 0 aromatic rings. The lowest BCUT2D eigenvalue weighted by Crippen LogP contribution is -2.61. The molecule has 2 unspecified atom stereocenters. The number of amides is 1. The van der Waals surface area contributed by atoms with Crippen LogP contribution in [-0.2, 0) is 4.79 Å². The largest absolute Gasteiger partial charge is 0.392 e. The molecule has 1 rings (SSSR count). The van der Waals surface area contributed by atoms with Gasteiger partial charge in [0, 0.05) is 17.9 Å². The zero-order valence-electron chi connectivity index (χ0n) is 8.63. The van der Waals surface area contributed by atoms with Crippen molar-refractivity contribution >= 4 is 5.91 Å². The molecule has 2 atom stereocenters. The van der Waals surface area contributed by atoms with E-state index >= 15 is 0 Å². The number of nitrogens with one attached hydrogen (secondary N) is 1. The summed E-state index contributed by atoms with van der Waals surface area (Å²) in [7, 11) is 0. The maximum Gasteiger partial charge on any atom is 0.220 e. The van der Waals surface area contributed by atoms with Gasteiger partial charge in [0.25, 0.3) is 0 Å². The maximum absolute atomic E-state index is 11.2. The molecule has 2 N–H and O–H groups in total. The van der Waals surface area contributed by atoms with Crippen LogP contribution < -0.4 is 5.32 Å². The number of aliphatic hydroxyl groups excluding tert-OH is 1. The fraction of sp³-hybridized carbons (Fsp3) is 0.900. The Morgan fingerprint density at radius 1 is 1.62 bits per heavy atom. The second-order valence-electron chi connectivity index (χ2n) is 4.44. The minimum atomic E-state index is -0.264. The summed E-state index contributed by atoms with van der Waals surface area (Å²) in [6, 6.07) is 0.154. The van der Waals surface area contributed by atoms with E-state index in [1.807, 2.05) is 20.8 Å². The molecule has 0 aromatic carbocycles. The van der Waals surface area contributed by atoms with Gasteiger partial charge in [0.05, 0.1) is 6.10 Å². The van der Waals surface area contributed by atoms with Crippen molar-refractivity contribution in [2.45, 2.75) is 52.2 Å². The van der Waals surface area contributed by atoms with Gasteiger partial charge in [-0.15, -0.1) is 0 Å². The average molecular weight is 185 g/mol. The van der Waals surface area contributed by atoms with Gasteiger partial charge in [-0.05, 0) is 12.8 Å². The zero-order chi connectivity index (χ0) is 10.1. The van der Waals surface area contributed by atoms with Gasteiger partial charge >= 0.3 is 0 Å². The Bertz CT molecular complexity index is 201. The van der Waals surface area contributed by atoms with Crippen molar-refractivity contribution in [3.8, 4) is 0 Å². The predicted molar refractivity (Wildman–Crippen MR) is 51.2 cm³/mol. The highest BCUT2D eigenvalue weighted by Gasteiger charge is 2.47. The van der Waals surface area contributed by atoms with Gasteiger partial charge in [0.2, 0.25) is 5.91 Å². The molecule has 13 heavy (non-hydrogen) atoms. The zero-order valence-corrected chi connectivity index (χ0v) is 8.63. The molecular formula is C10H19NO2. The fourth-order valence-corrected chi connectivity index (χ4v) is 1.64. The third-order valence-electron chi connectivity index (χ3n) is 3.03. The fourth-order valence-electron chi connectivity index (χ4n) is 1.64. The monoisotopic (exact) mass is 185 g/mol. The standard InChI is InChI=1S/C10H19NO2/c1-4-5-9(13)11-7-6-8(12)10(7,2)3/h7-8,12H,4-6H2,1-3H3,(H,11,13). The van der Waals surface area contributed by atoms with Crippen LogP contribution in [0.2, 0.25) is 0 Å². The van der Waals surface area contributed by atoms with E-state index in [1.165, 1.54) is 0 Å². The average Bonchev–Trinajstić information content (AvgIpc) is 2.04. The first kappa shape index (κ1) is 10.5. The Kier molecular flexibility index (Phi) is 2.96. The summed E-state index contributed by atoms with van der Waals surface area (Å²) in [5.41, 5.74) is -0.149. The van der Waals surface area contributed by atoms with Crippen LogP contribution >= 0.6 is 0 Å². The van der Waals surface area contributed by atoms with Crippen LogP contribution in [0.15, 0.2) is 0 Å². The molecule has 0 aromatic heterocycles. The van der Waals surface area contributed by atoms with Crippen molar-refractivity contribution in [2.75, 3.05) is 0 Å². The minimum Gasteiger partial charge on any atom is -0.392 e. The lowest BCUT2D eigenvalue weighted by atomic mass is 9.64. The van der Waals surface area contributed by atoms with Crippen molar-refractivity contribution in [2.24, 2.45) is 5.41 Å². The highest BCUT2D eigenvalue weighted by molar-refractivity contribution is 5.76. The predicted octanol–water partition coefficient (Wildman–Crippen LogP) is 1.06. The molecule has 1 saturated carbocycles. The minimum absolute atomic E-state index is 0.104. The normalized spacial score (nSPS) is 30.8. The molecule has 3 nitrogen and oxygen atoms in total. The van der Waals surface area contributed by atoms with E-state index in [0.29, 0.717) is 12.8 Å². The molecule has 0 bridgehead atoms. The highest BCUT2D eigenvalue weighted by atomic mass is 16.3. The number of hydrogen-bond donors (Lipinski definition) is 2. The number of rotatable bonds is 3. The SMILES string of the molecule is CCCC(=O)NC1CC(O)C1(C)C. The number of carbonyl (C=O) groups excluding carboxylic acids is 1. The van der Waals surface area contributed by atoms with E-state index in [1.54, 1.807) is 0 Å². The Morgan fingerprint density at radius 3 is 2.62 bits per heavy atom. The van der Waals surface area contributed by atoms with Crippen LogP contribution in [0.5, 0.6) is 0 Å². The quantitative estimate of drug-likeness (QED) is 0.690. The number of aliphatic hydroxyl groups is 1. The Labute approximate surface area is 79.5 Å². The second-order valence-corrected chi connectivity index (χ2v) is 4.44. The molecule has 0 radical (unpaired) electrons. The van der Waals surface area contributed by atoms with Crippen molar-refractivity contribution in [3.05, 3.63) is 0 Å². The first-order chi connectivity index (χ1) is 5.98. The molecule has 1 aliphatic rings. The van der Waals surface area contributed by atoms with E-state index in [9.17, 15) is 9.90 Å². The van der Waals surface area contributed by atoms with Crippen LogP contribution in [-0.4, -0.2) is 23.2 Å². The number of hydrogen-bond acceptors (Lipinski definition) is 2. The van der Waals surface area contributed by atoms with Crippen LogP contribution in [0.1, 0.15) is 40.0 Å². The van der Waals surface area contributed by atoms with E-state index in [0.717, 1.165) is 6.42 Å². The van der Waals surface area contributed by atoms with E-state index in [4.69, 9.17) is 0 Å². The van der Waals surface area contributed by atoms with Crippen LogP contribution in [0.25, 0.3) is 0 Å². The van der Waals surface area contributed by atoms with Crippen LogP contribution in [0.3, 0.4) is 0 Å². The summed E-state index contributed by atoms with van der Waals surface area (Å²) in [4.78, 5) is 11.2. The van der Waals surface area contributed by atoms with Crippen LogP contribution in [0, 0.1) is 5.41 Å². The van der Waals surface area contributed by atoms with Gasteiger partial charge in [0.15, 0.2) is 0 Å². The van der Waals surface area contributed by atoms with Crippen molar-refractivity contribution in [1.82, 2.24) is 5.32 Å². The maximum atomic E-state index is 11.2. The smallest absolute Gasteiger partial charge is 0.220 e. The van der Waals surface area contributed by atoms with Gasteiger partial charge < -0.3 is 10.4 Å². The molecule has 0 heterocycles. The summed E-state index contributed by atoms with van der Waals surface area (Å²) in [5.74, 6) is 0.104. The molecule has 1 amide bonds. The van der Waals surface area contributed by atoms with Gasteiger partial charge in [-0.3, -0.25) is 4.79 Å². The van der Waals surface area contributed by atoms with Crippen molar-refractivity contribution in [1.29, 1.82) is 0 Å². The summed E-state index contributed by atoms with van der Waals surface area (Å²) >= 11 is 0. The number of carbonyl (C=O) groups is 1. The molecule has 0 aliphatic heterocycles. The third kappa shape index (κ3) is 2.02.